The number of aryl methyl sites for hydroxylation is 1. The predicted molar refractivity (Wildman–Crippen MR) is 89.6 cm³/mol. The van der Waals surface area contributed by atoms with Crippen LogP contribution in [0.2, 0.25) is 0 Å². The van der Waals surface area contributed by atoms with Crippen LogP contribution in [0.15, 0.2) is 41.8 Å². The Hall–Kier alpha value is -2.23. The van der Waals surface area contributed by atoms with Crippen LogP contribution in [0.5, 0.6) is 0 Å². The number of hydrogen-bond acceptors (Lipinski definition) is 3. The van der Waals surface area contributed by atoms with E-state index in [1.807, 2.05) is 6.92 Å². The standard InChI is InChI=1S/C20H21FO3/c1-12-10-15(21)7-9-16(12)18-5-3-4-13-11-14(20(23)24-2)6-8-17(13)19(18)22/h6-9,11-12,18H,3-5,10H2,1-2H3. The summed E-state index contributed by atoms with van der Waals surface area (Å²) in [5, 5.41) is 0. The minimum atomic E-state index is -0.393. The van der Waals surface area contributed by atoms with E-state index < -0.39 is 5.97 Å². The molecule has 0 amide bonds. The lowest BCUT2D eigenvalue weighted by Gasteiger charge is -2.25. The largest absolute Gasteiger partial charge is 0.465 e. The highest BCUT2D eigenvalue weighted by Crippen LogP contribution is 2.37. The number of ketones is 1. The van der Waals surface area contributed by atoms with Gasteiger partial charge in [0, 0.05) is 17.9 Å². The van der Waals surface area contributed by atoms with Gasteiger partial charge < -0.3 is 4.74 Å². The molecular formula is C20H21FO3. The first-order valence-corrected chi connectivity index (χ1v) is 8.33. The van der Waals surface area contributed by atoms with Crippen molar-refractivity contribution in [3.05, 3.63) is 58.4 Å². The number of carbonyl (C=O) groups excluding carboxylic acids is 2. The summed E-state index contributed by atoms with van der Waals surface area (Å²) < 4.78 is 18.2. The van der Waals surface area contributed by atoms with Crippen molar-refractivity contribution in [1.29, 1.82) is 0 Å². The van der Waals surface area contributed by atoms with Gasteiger partial charge in [0.15, 0.2) is 5.78 Å². The lowest BCUT2D eigenvalue weighted by Crippen LogP contribution is -2.22. The number of fused-ring (bicyclic) bond motifs is 1. The Morgan fingerprint density at radius 1 is 1.29 bits per heavy atom. The number of allylic oxidation sites excluding steroid dienone is 4. The minimum Gasteiger partial charge on any atom is -0.465 e. The molecule has 2 aliphatic rings. The highest BCUT2D eigenvalue weighted by Gasteiger charge is 2.32. The molecule has 4 heteroatoms. The van der Waals surface area contributed by atoms with Gasteiger partial charge in [0.2, 0.25) is 0 Å². The summed E-state index contributed by atoms with van der Waals surface area (Å²) in [6.07, 6.45) is 6.00. The molecule has 0 saturated carbocycles. The average Bonchev–Trinajstić information content (AvgIpc) is 2.73. The maximum atomic E-state index is 13.4. The third kappa shape index (κ3) is 3.05. The van der Waals surface area contributed by atoms with Crippen LogP contribution in [0.3, 0.4) is 0 Å². The van der Waals surface area contributed by atoms with Crippen molar-refractivity contribution in [3.63, 3.8) is 0 Å². The molecule has 24 heavy (non-hydrogen) atoms. The van der Waals surface area contributed by atoms with E-state index in [9.17, 15) is 14.0 Å². The highest BCUT2D eigenvalue weighted by atomic mass is 19.1. The second-order valence-electron chi connectivity index (χ2n) is 6.56. The molecule has 2 aliphatic carbocycles. The Kier molecular flexibility index (Phi) is 4.65. The molecule has 0 radical (unpaired) electrons. The second kappa shape index (κ2) is 6.71. The van der Waals surface area contributed by atoms with Crippen LogP contribution in [0, 0.1) is 11.8 Å². The van der Waals surface area contributed by atoms with Gasteiger partial charge in [-0.2, -0.15) is 0 Å². The Morgan fingerprint density at radius 2 is 2.08 bits per heavy atom. The first kappa shape index (κ1) is 16.6. The van der Waals surface area contributed by atoms with Gasteiger partial charge in [-0.05, 0) is 49.0 Å². The fraction of sp³-hybridized carbons (Fsp3) is 0.400. The average molecular weight is 328 g/mol. The van der Waals surface area contributed by atoms with Crippen LogP contribution in [0.4, 0.5) is 4.39 Å². The van der Waals surface area contributed by atoms with Gasteiger partial charge in [-0.3, -0.25) is 4.79 Å². The number of esters is 1. The fourth-order valence-corrected chi connectivity index (χ4v) is 3.71. The van der Waals surface area contributed by atoms with Gasteiger partial charge in [-0.15, -0.1) is 0 Å². The zero-order valence-electron chi connectivity index (χ0n) is 14.0. The molecule has 0 aromatic heterocycles. The third-order valence-electron chi connectivity index (χ3n) is 4.98. The second-order valence-corrected chi connectivity index (χ2v) is 6.56. The number of methoxy groups -OCH3 is 1. The number of rotatable bonds is 2. The summed E-state index contributed by atoms with van der Waals surface area (Å²) in [4.78, 5) is 24.7. The number of Topliss-reactive ketones (excluding diaryl/α,β-unsaturated/α-hetero) is 1. The zero-order chi connectivity index (χ0) is 17.3. The van der Waals surface area contributed by atoms with Crippen LogP contribution < -0.4 is 0 Å². The van der Waals surface area contributed by atoms with E-state index in [0.717, 1.165) is 30.4 Å². The van der Waals surface area contributed by atoms with Crippen LogP contribution in [0.1, 0.15) is 52.5 Å². The molecule has 0 spiro atoms. The minimum absolute atomic E-state index is 0.0415. The number of hydrogen-bond donors (Lipinski definition) is 0. The van der Waals surface area contributed by atoms with Crippen molar-refractivity contribution in [2.45, 2.75) is 32.6 Å². The van der Waals surface area contributed by atoms with Gasteiger partial charge in [-0.1, -0.05) is 24.6 Å². The summed E-state index contributed by atoms with van der Waals surface area (Å²) >= 11 is 0. The molecule has 2 unspecified atom stereocenters. The molecule has 126 valence electrons. The lowest BCUT2D eigenvalue weighted by atomic mass is 9.79. The Morgan fingerprint density at radius 3 is 2.79 bits per heavy atom. The lowest BCUT2D eigenvalue weighted by molar-refractivity contribution is 0.0600. The van der Waals surface area contributed by atoms with E-state index in [-0.39, 0.29) is 23.4 Å². The van der Waals surface area contributed by atoms with Gasteiger partial charge >= 0.3 is 5.97 Å². The Bertz CT molecular complexity index is 745. The van der Waals surface area contributed by atoms with E-state index in [1.54, 1.807) is 24.3 Å². The molecule has 0 N–H and O–H groups in total. The molecule has 0 heterocycles. The van der Waals surface area contributed by atoms with Crippen molar-refractivity contribution in [3.8, 4) is 0 Å². The molecule has 0 fully saturated rings. The van der Waals surface area contributed by atoms with Crippen molar-refractivity contribution in [1.82, 2.24) is 0 Å². The van der Waals surface area contributed by atoms with E-state index >= 15 is 0 Å². The molecule has 1 aromatic carbocycles. The Labute approximate surface area is 141 Å². The van der Waals surface area contributed by atoms with Gasteiger partial charge in [0.1, 0.15) is 5.83 Å². The maximum Gasteiger partial charge on any atom is 0.337 e. The third-order valence-corrected chi connectivity index (χ3v) is 4.98. The molecule has 3 nitrogen and oxygen atoms in total. The highest BCUT2D eigenvalue weighted by molar-refractivity contribution is 6.02. The first-order valence-electron chi connectivity index (χ1n) is 8.33. The summed E-state index contributed by atoms with van der Waals surface area (Å²) in [6, 6.07) is 5.13. The Balaban J connectivity index is 1.95. The molecule has 3 rings (SSSR count). The zero-order valence-corrected chi connectivity index (χ0v) is 14.0. The normalized spacial score (nSPS) is 23.7. The van der Waals surface area contributed by atoms with E-state index in [0.29, 0.717) is 17.5 Å². The van der Waals surface area contributed by atoms with Crippen molar-refractivity contribution in [2.75, 3.05) is 7.11 Å². The number of ether oxygens (including phenoxy) is 1. The van der Waals surface area contributed by atoms with Gasteiger partial charge in [0.05, 0.1) is 12.7 Å². The smallest absolute Gasteiger partial charge is 0.337 e. The van der Waals surface area contributed by atoms with Crippen LogP contribution in [0.25, 0.3) is 0 Å². The molecule has 0 saturated heterocycles. The van der Waals surface area contributed by atoms with Crippen molar-refractivity contribution >= 4 is 11.8 Å². The number of carbonyl (C=O) groups is 2. The number of halogens is 1. The molecule has 0 aliphatic heterocycles. The predicted octanol–water partition coefficient (Wildman–Crippen LogP) is 4.43. The molecular weight excluding hydrogens is 307 g/mol. The molecule has 1 aromatic rings. The first-order chi connectivity index (χ1) is 11.5. The summed E-state index contributed by atoms with van der Waals surface area (Å²) in [6.45, 7) is 1.97. The van der Waals surface area contributed by atoms with Gasteiger partial charge in [0.25, 0.3) is 0 Å². The fourth-order valence-electron chi connectivity index (χ4n) is 3.71. The van der Waals surface area contributed by atoms with Crippen LogP contribution in [-0.2, 0) is 11.2 Å². The van der Waals surface area contributed by atoms with Crippen molar-refractivity contribution in [2.24, 2.45) is 11.8 Å². The van der Waals surface area contributed by atoms with Gasteiger partial charge in [-0.25, -0.2) is 9.18 Å². The van der Waals surface area contributed by atoms with Crippen LogP contribution >= 0.6 is 0 Å². The number of benzene rings is 1. The summed E-state index contributed by atoms with van der Waals surface area (Å²) in [5.74, 6) is -0.604. The van der Waals surface area contributed by atoms with Crippen LogP contribution in [-0.4, -0.2) is 18.9 Å². The summed E-state index contributed by atoms with van der Waals surface area (Å²) in [5.41, 5.74) is 3.06. The molecule has 0 bridgehead atoms. The van der Waals surface area contributed by atoms with E-state index in [1.165, 1.54) is 13.2 Å². The van der Waals surface area contributed by atoms with Crippen molar-refractivity contribution < 1.29 is 18.7 Å². The quantitative estimate of drug-likeness (QED) is 0.596. The summed E-state index contributed by atoms with van der Waals surface area (Å²) in [7, 11) is 1.35. The SMILES string of the molecule is COC(=O)c1ccc2c(c1)CCCC(C1=CC=C(F)CC1C)C2=O. The van der Waals surface area contributed by atoms with E-state index in [4.69, 9.17) is 4.74 Å². The van der Waals surface area contributed by atoms with E-state index in [2.05, 4.69) is 0 Å². The maximum absolute atomic E-state index is 13.4. The molecule has 2 atom stereocenters. The topological polar surface area (TPSA) is 43.4 Å². The monoisotopic (exact) mass is 328 g/mol.